The molecule has 0 N–H and O–H groups in total. The van der Waals surface area contributed by atoms with Gasteiger partial charge in [-0.1, -0.05) is 0 Å². The van der Waals surface area contributed by atoms with Crippen LogP contribution in [-0.4, -0.2) is 47.1 Å². The molecule has 1 aliphatic heterocycles. The first-order valence-electron chi connectivity index (χ1n) is 7.52. The Labute approximate surface area is 134 Å². The Hall–Kier alpha value is -2.09. The Bertz CT molecular complexity index is 780. The second-order valence-corrected chi connectivity index (χ2v) is 7.88. The molecule has 1 atom stereocenters. The second-order valence-electron chi connectivity index (χ2n) is 5.66. The highest BCUT2D eigenvalue weighted by atomic mass is 32.2. The van der Waals surface area contributed by atoms with Gasteiger partial charge < -0.3 is 9.32 Å². The van der Waals surface area contributed by atoms with Gasteiger partial charge in [-0.2, -0.15) is 5.10 Å². The van der Waals surface area contributed by atoms with Gasteiger partial charge in [0, 0.05) is 24.8 Å². The largest absolute Gasteiger partial charge is 0.472 e. The third-order valence-electron chi connectivity index (χ3n) is 4.05. The molecule has 0 aliphatic carbocycles. The van der Waals surface area contributed by atoms with Crippen LogP contribution in [0.2, 0.25) is 0 Å². The van der Waals surface area contributed by atoms with Gasteiger partial charge in [-0.3, -0.25) is 9.48 Å². The van der Waals surface area contributed by atoms with Gasteiger partial charge in [0.1, 0.15) is 0 Å². The number of hydrogen-bond acceptors (Lipinski definition) is 5. The lowest BCUT2D eigenvalue weighted by Crippen LogP contribution is -2.46. The average Bonchev–Trinajstić information content (AvgIpc) is 3.17. The maximum atomic E-state index is 12.6. The molecule has 3 heterocycles. The molecular formula is C15H19N3O4S. The Kier molecular flexibility index (Phi) is 4.25. The quantitative estimate of drug-likeness (QED) is 0.832. The van der Waals surface area contributed by atoms with Gasteiger partial charge >= 0.3 is 0 Å². The molecule has 1 aliphatic rings. The number of rotatable bonds is 4. The molecule has 1 fully saturated rings. The predicted molar refractivity (Wildman–Crippen MR) is 83.4 cm³/mol. The number of aromatic nitrogens is 2. The van der Waals surface area contributed by atoms with E-state index >= 15 is 0 Å². The summed E-state index contributed by atoms with van der Waals surface area (Å²) in [5.74, 6) is -0.155. The van der Waals surface area contributed by atoms with E-state index in [1.807, 2.05) is 13.1 Å². The summed E-state index contributed by atoms with van der Waals surface area (Å²) in [5.41, 5.74) is 1.54. The van der Waals surface area contributed by atoms with Crippen LogP contribution in [-0.2, 0) is 27.6 Å². The van der Waals surface area contributed by atoms with Crippen molar-refractivity contribution in [3.8, 4) is 0 Å². The van der Waals surface area contributed by atoms with E-state index < -0.39 is 15.9 Å². The van der Waals surface area contributed by atoms with E-state index in [9.17, 15) is 13.2 Å². The highest BCUT2D eigenvalue weighted by Gasteiger charge is 2.35. The molecule has 23 heavy (non-hydrogen) atoms. The smallest absolute Gasteiger partial charge is 0.227 e. The van der Waals surface area contributed by atoms with Crippen LogP contribution in [0.25, 0.3) is 0 Å². The maximum absolute atomic E-state index is 12.6. The van der Waals surface area contributed by atoms with E-state index in [0.29, 0.717) is 6.54 Å². The lowest BCUT2D eigenvalue weighted by Gasteiger charge is -2.35. The topological polar surface area (TPSA) is 85.4 Å². The fraction of sp³-hybridized carbons (Fsp3) is 0.467. The average molecular weight is 337 g/mol. The minimum atomic E-state index is -3.16. The van der Waals surface area contributed by atoms with Crippen molar-refractivity contribution in [1.82, 2.24) is 14.7 Å². The van der Waals surface area contributed by atoms with E-state index in [1.54, 1.807) is 21.8 Å². The van der Waals surface area contributed by atoms with Crippen molar-refractivity contribution in [3.05, 3.63) is 42.1 Å². The van der Waals surface area contributed by atoms with Crippen LogP contribution in [0, 0.1) is 0 Å². The lowest BCUT2D eigenvalue weighted by molar-refractivity contribution is -0.132. The van der Waals surface area contributed by atoms with Crippen LogP contribution in [0.1, 0.15) is 24.1 Å². The fourth-order valence-corrected chi connectivity index (χ4v) is 4.27. The summed E-state index contributed by atoms with van der Waals surface area (Å²) in [7, 11) is -3.16. The molecule has 2 aromatic rings. The number of sulfone groups is 1. The lowest BCUT2D eigenvalue weighted by atomic mass is 10.1. The SMILES string of the molecule is CCn1cc([C@H]2CS(=O)(=O)CCN2C(=O)Cc2ccoc2)cn1. The minimum absolute atomic E-state index is 0.00252. The van der Waals surface area contributed by atoms with Crippen LogP contribution in [0.3, 0.4) is 0 Å². The Morgan fingerprint density at radius 2 is 2.30 bits per heavy atom. The zero-order valence-electron chi connectivity index (χ0n) is 12.9. The molecule has 8 heteroatoms. The van der Waals surface area contributed by atoms with E-state index in [0.717, 1.165) is 11.1 Å². The van der Waals surface area contributed by atoms with E-state index in [1.165, 1.54) is 12.5 Å². The maximum Gasteiger partial charge on any atom is 0.227 e. The molecule has 124 valence electrons. The summed E-state index contributed by atoms with van der Waals surface area (Å²) in [6.07, 6.45) is 6.71. The van der Waals surface area contributed by atoms with Gasteiger partial charge in [0.15, 0.2) is 9.84 Å². The number of hydrogen-bond donors (Lipinski definition) is 0. The molecule has 2 aromatic heterocycles. The Balaban J connectivity index is 1.85. The summed E-state index contributed by atoms with van der Waals surface area (Å²) >= 11 is 0. The predicted octanol–water partition coefficient (Wildman–Crippen LogP) is 1.04. The third kappa shape index (κ3) is 3.47. The Morgan fingerprint density at radius 3 is 2.96 bits per heavy atom. The van der Waals surface area contributed by atoms with E-state index in [-0.39, 0.29) is 30.4 Å². The highest BCUT2D eigenvalue weighted by molar-refractivity contribution is 7.91. The monoisotopic (exact) mass is 337 g/mol. The number of amides is 1. The summed E-state index contributed by atoms with van der Waals surface area (Å²) in [6.45, 7) is 2.86. The summed E-state index contributed by atoms with van der Waals surface area (Å²) in [6, 6.07) is 1.26. The molecule has 0 saturated carbocycles. The summed E-state index contributed by atoms with van der Waals surface area (Å²) < 4.78 is 30.7. The van der Waals surface area contributed by atoms with Crippen LogP contribution in [0.15, 0.2) is 35.4 Å². The van der Waals surface area contributed by atoms with Crippen LogP contribution >= 0.6 is 0 Å². The number of carbonyl (C=O) groups is 1. The molecule has 7 nitrogen and oxygen atoms in total. The zero-order valence-corrected chi connectivity index (χ0v) is 13.7. The normalized spacial score (nSPS) is 20.6. The van der Waals surface area contributed by atoms with Gasteiger partial charge in [0.05, 0.1) is 42.7 Å². The molecule has 0 aromatic carbocycles. The third-order valence-corrected chi connectivity index (χ3v) is 5.68. The first-order chi connectivity index (χ1) is 11.0. The van der Waals surface area contributed by atoms with Crippen molar-refractivity contribution in [2.24, 2.45) is 0 Å². The van der Waals surface area contributed by atoms with Crippen molar-refractivity contribution in [3.63, 3.8) is 0 Å². The van der Waals surface area contributed by atoms with E-state index in [2.05, 4.69) is 5.10 Å². The Morgan fingerprint density at radius 1 is 1.48 bits per heavy atom. The fourth-order valence-electron chi connectivity index (χ4n) is 2.78. The van der Waals surface area contributed by atoms with Gasteiger partial charge in [-0.05, 0) is 18.6 Å². The molecule has 0 spiro atoms. The van der Waals surface area contributed by atoms with Crippen molar-refractivity contribution in [1.29, 1.82) is 0 Å². The van der Waals surface area contributed by atoms with Crippen molar-refractivity contribution < 1.29 is 17.6 Å². The molecule has 1 saturated heterocycles. The number of aryl methyl sites for hydroxylation is 1. The highest BCUT2D eigenvalue weighted by Crippen LogP contribution is 2.27. The second kappa shape index (κ2) is 6.19. The first-order valence-corrected chi connectivity index (χ1v) is 9.34. The van der Waals surface area contributed by atoms with Crippen LogP contribution in [0.5, 0.6) is 0 Å². The number of furan rings is 1. The molecule has 0 bridgehead atoms. The molecule has 0 radical (unpaired) electrons. The van der Waals surface area contributed by atoms with Gasteiger partial charge in [-0.25, -0.2) is 8.42 Å². The van der Waals surface area contributed by atoms with Crippen molar-refractivity contribution >= 4 is 15.7 Å². The zero-order chi connectivity index (χ0) is 16.4. The van der Waals surface area contributed by atoms with Crippen LogP contribution < -0.4 is 0 Å². The van der Waals surface area contributed by atoms with E-state index in [4.69, 9.17) is 4.42 Å². The summed E-state index contributed by atoms with van der Waals surface area (Å²) in [4.78, 5) is 14.2. The minimum Gasteiger partial charge on any atom is -0.472 e. The number of nitrogens with zero attached hydrogens (tertiary/aromatic N) is 3. The molecule has 0 unspecified atom stereocenters. The standard InChI is InChI=1S/C15H19N3O4S/c1-2-17-9-13(8-16-17)14-11-23(20,21)6-4-18(14)15(19)7-12-3-5-22-10-12/h3,5,8-10,14H,2,4,6-7,11H2,1H3/t14-/m1/s1. The van der Waals surface area contributed by atoms with Crippen molar-refractivity contribution in [2.45, 2.75) is 25.9 Å². The molecule has 1 amide bonds. The van der Waals surface area contributed by atoms with Crippen LogP contribution in [0.4, 0.5) is 0 Å². The summed E-state index contributed by atoms with van der Waals surface area (Å²) in [5, 5.41) is 4.20. The van der Waals surface area contributed by atoms with Crippen molar-refractivity contribution in [2.75, 3.05) is 18.1 Å². The molecular weight excluding hydrogens is 318 g/mol. The van der Waals surface area contributed by atoms with Gasteiger partial charge in [0.2, 0.25) is 5.91 Å². The number of carbonyl (C=O) groups excluding carboxylic acids is 1. The van der Waals surface area contributed by atoms with Gasteiger partial charge in [-0.15, -0.1) is 0 Å². The molecule has 3 rings (SSSR count). The first kappa shape index (κ1) is 15.8. The van der Waals surface area contributed by atoms with Gasteiger partial charge in [0.25, 0.3) is 0 Å².